The van der Waals surface area contributed by atoms with E-state index < -0.39 is 44.7 Å². The molecular formula is C14H26O6S. The molecule has 0 fully saturated rings. The van der Waals surface area contributed by atoms with Crippen LogP contribution in [-0.4, -0.2) is 37.6 Å². The van der Waals surface area contributed by atoms with Crippen molar-refractivity contribution in [3.8, 4) is 0 Å². The summed E-state index contributed by atoms with van der Waals surface area (Å²) in [5.74, 6) is -1.29. The summed E-state index contributed by atoms with van der Waals surface area (Å²) in [6, 6.07) is 0. The predicted molar refractivity (Wildman–Crippen MR) is 79.3 cm³/mol. The van der Waals surface area contributed by atoms with Gasteiger partial charge in [-0.05, 0) is 48.0 Å². The van der Waals surface area contributed by atoms with Crippen LogP contribution in [-0.2, 0) is 28.6 Å². The smallest absolute Gasteiger partial charge is 0.322 e. The lowest BCUT2D eigenvalue weighted by Crippen LogP contribution is -2.44. The SMILES string of the molecule is CCC(C)S(=O)(=O)OCC(C)(C(C)=O)C(=O)OC(C)(C)C. The van der Waals surface area contributed by atoms with Crippen LogP contribution in [0.25, 0.3) is 0 Å². The molecule has 2 atom stereocenters. The second-order valence-corrected chi connectivity index (χ2v) is 8.39. The molecule has 124 valence electrons. The third-order valence-corrected chi connectivity index (χ3v) is 4.97. The lowest BCUT2D eigenvalue weighted by atomic mass is 9.87. The molecule has 0 aromatic heterocycles. The maximum Gasteiger partial charge on any atom is 0.322 e. The van der Waals surface area contributed by atoms with Crippen molar-refractivity contribution < 1.29 is 26.9 Å². The van der Waals surface area contributed by atoms with Crippen LogP contribution in [0, 0.1) is 5.41 Å². The minimum Gasteiger partial charge on any atom is -0.459 e. The molecule has 0 radical (unpaired) electrons. The Morgan fingerprint density at radius 2 is 1.62 bits per heavy atom. The van der Waals surface area contributed by atoms with Gasteiger partial charge in [0.1, 0.15) is 16.8 Å². The monoisotopic (exact) mass is 322 g/mol. The molecule has 0 heterocycles. The Hall–Kier alpha value is -0.950. The van der Waals surface area contributed by atoms with Crippen molar-refractivity contribution in [2.75, 3.05) is 6.61 Å². The number of carbonyl (C=O) groups is 2. The van der Waals surface area contributed by atoms with Gasteiger partial charge in [-0.2, -0.15) is 8.42 Å². The quantitative estimate of drug-likeness (QED) is 0.405. The molecule has 0 N–H and O–H groups in total. The third-order valence-electron chi connectivity index (χ3n) is 3.21. The van der Waals surface area contributed by atoms with Crippen molar-refractivity contribution in [1.82, 2.24) is 0 Å². The first-order chi connectivity index (χ1) is 9.26. The van der Waals surface area contributed by atoms with E-state index in [-0.39, 0.29) is 0 Å². The molecule has 21 heavy (non-hydrogen) atoms. The van der Waals surface area contributed by atoms with Crippen LogP contribution in [0.1, 0.15) is 54.9 Å². The topological polar surface area (TPSA) is 86.7 Å². The van der Waals surface area contributed by atoms with Gasteiger partial charge in [0.25, 0.3) is 10.1 Å². The van der Waals surface area contributed by atoms with Gasteiger partial charge in [0.2, 0.25) is 0 Å². The normalized spacial score (nSPS) is 16.9. The van der Waals surface area contributed by atoms with E-state index in [2.05, 4.69) is 0 Å². The van der Waals surface area contributed by atoms with Gasteiger partial charge in [0.05, 0.1) is 11.9 Å². The number of carbonyl (C=O) groups excluding carboxylic acids is 2. The Morgan fingerprint density at radius 1 is 1.14 bits per heavy atom. The summed E-state index contributed by atoms with van der Waals surface area (Å²) in [6.45, 7) is 10.2. The van der Waals surface area contributed by atoms with Gasteiger partial charge in [-0.15, -0.1) is 0 Å². The zero-order valence-corrected chi connectivity index (χ0v) is 14.7. The van der Waals surface area contributed by atoms with Crippen molar-refractivity contribution in [3.63, 3.8) is 0 Å². The van der Waals surface area contributed by atoms with E-state index in [0.717, 1.165) is 0 Å². The van der Waals surface area contributed by atoms with Crippen molar-refractivity contribution in [2.45, 2.75) is 65.7 Å². The van der Waals surface area contributed by atoms with E-state index in [1.807, 2.05) is 0 Å². The maximum absolute atomic E-state index is 12.2. The number of esters is 1. The second kappa shape index (κ2) is 6.87. The Balaban J connectivity index is 5.17. The standard InChI is InChI=1S/C14H26O6S/c1-8-10(2)21(17,18)19-9-14(7,11(3)15)12(16)20-13(4,5)6/h10H,8-9H2,1-7H3. The summed E-state index contributed by atoms with van der Waals surface area (Å²) >= 11 is 0. The average molecular weight is 322 g/mol. The molecule has 0 rings (SSSR count). The Morgan fingerprint density at radius 3 is 1.95 bits per heavy atom. The summed E-state index contributed by atoms with van der Waals surface area (Å²) < 4.78 is 33.8. The summed E-state index contributed by atoms with van der Waals surface area (Å²) in [6.07, 6.45) is 0.381. The summed E-state index contributed by atoms with van der Waals surface area (Å²) in [7, 11) is -3.81. The number of rotatable bonds is 7. The van der Waals surface area contributed by atoms with E-state index in [4.69, 9.17) is 8.92 Å². The Kier molecular flexibility index (Phi) is 6.56. The molecule has 0 amide bonds. The number of ether oxygens (including phenoxy) is 1. The van der Waals surface area contributed by atoms with Crippen LogP contribution in [0.2, 0.25) is 0 Å². The van der Waals surface area contributed by atoms with Crippen LogP contribution < -0.4 is 0 Å². The Labute approximate surface area is 127 Å². The van der Waals surface area contributed by atoms with Crippen molar-refractivity contribution in [3.05, 3.63) is 0 Å². The number of hydrogen-bond donors (Lipinski definition) is 0. The molecule has 0 bridgehead atoms. The Bertz CT molecular complexity index is 488. The van der Waals surface area contributed by atoms with E-state index in [1.165, 1.54) is 20.8 Å². The molecule has 2 unspecified atom stereocenters. The molecule has 0 spiro atoms. The maximum atomic E-state index is 12.2. The number of hydrogen-bond acceptors (Lipinski definition) is 6. The van der Waals surface area contributed by atoms with E-state index in [0.29, 0.717) is 6.42 Å². The summed E-state index contributed by atoms with van der Waals surface area (Å²) in [5.41, 5.74) is -2.42. The van der Waals surface area contributed by atoms with Crippen LogP contribution >= 0.6 is 0 Å². The van der Waals surface area contributed by atoms with Gasteiger partial charge in [-0.25, -0.2) is 0 Å². The first-order valence-corrected chi connectivity index (χ1v) is 8.36. The fourth-order valence-corrected chi connectivity index (χ4v) is 2.26. The van der Waals surface area contributed by atoms with Gasteiger partial charge in [0, 0.05) is 0 Å². The molecule has 0 aliphatic carbocycles. The zero-order chi connectivity index (χ0) is 17.1. The minimum absolute atomic E-state index is 0.381. The van der Waals surface area contributed by atoms with Crippen LogP contribution in [0.4, 0.5) is 0 Å². The fraction of sp³-hybridized carbons (Fsp3) is 0.857. The van der Waals surface area contributed by atoms with Crippen LogP contribution in [0.5, 0.6) is 0 Å². The summed E-state index contributed by atoms with van der Waals surface area (Å²) in [4.78, 5) is 23.9. The zero-order valence-electron chi connectivity index (χ0n) is 13.8. The molecule has 0 aromatic carbocycles. The lowest BCUT2D eigenvalue weighted by Gasteiger charge is -2.29. The van der Waals surface area contributed by atoms with Crippen LogP contribution in [0.3, 0.4) is 0 Å². The number of ketones is 1. The summed E-state index contributed by atoms with van der Waals surface area (Å²) in [5, 5.41) is -0.702. The molecule has 7 heteroatoms. The van der Waals surface area contributed by atoms with Crippen molar-refractivity contribution in [2.24, 2.45) is 5.41 Å². The first kappa shape index (κ1) is 20.1. The van der Waals surface area contributed by atoms with E-state index in [9.17, 15) is 18.0 Å². The molecule has 6 nitrogen and oxygen atoms in total. The molecule has 0 saturated carbocycles. The van der Waals surface area contributed by atoms with Crippen molar-refractivity contribution >= 4 is 21.9 Å². The second-order valence-electron chi connectivity index (χ2n) is 6.36. The molecule has 0 aromatic rings. The van der Waals surface area contributed by atoms with Gasteiger partial charge < -0.3 is 4.74 Å². The number of Topliss-reactive ketones (excluding diaryl/α,β-unsaturated/α-hetero) is 1. The van der Waals surface area contributed by atoms with E-state index >= 15 is 0 Å². The van der Waals surface area contributed by atoms with Gasteiger partial charge in [-0.1, -0.05) is 6.92 Å². The van der Waals surface area contributed by atoms with Gasteiger partial charge in [0.15, 0.2) is 0 Å². The average Bonchev–Trinajstić information content (AvgIpc) is 2.32. The molecule has 0 aliphatic rings. The molecule has 0 saturated heterocycles. The highest BCUT2D eigenvalue weighted by atomic mass is 32.2. The lowest BCUT2D eigenvalue weighted by molar-refractivity contribution is -0.170. The van der Waals surface area contributed by atoms with Gasteiger partial charge >= 0.3 is 5.97 Å². The highest BCUT2D eigenvalue weighted by Gasteiger charge is 2.43. The molecular weight excluding hydrogens is 296 g/mol. The highest BCUT2D eigenvalue weighted by Crippen LogP contribution is 2.25. The highest BCUT2D eigenvalue weighted by molar-refractivity contribution is 7.87. The predicted octanol–water partition coefficient (Wildman–Crippen LogP) is 2.07. The minimum atomic E-state index is -3.81. The first-order valence-electron chi connectivity index (χ1n) is 6.89. The largest absolute Gasteiger partial charge is 0.459 e. The van der Waals surface area contributed by atoms with E-state index in [1.54, 1.807) is 27.7 Å². The fourth-order valence-electron chi connectivity index (χ4n) is 1.22. The molecule has 0 aliphatic heterocycles. The van der Waals surface area contributed by atoms with Crippen LogP contribution in [0.15, 0.2) is 0 Å². The van der Waals surface area contributed by atoms with Crippen molar-refractivity contribution in [1.29, 1.82) is 0 Å². The van der Waals surface area contributed by atoms with Gasteiger partial charge in [-0.3, -0.25) is 13.8 Å². The third kappa shape index (κ3) is 5.74.